The minimum atomic E-state index is 0.0596. The molecule has 0 saturated carbocycles. The van der Waals surface area contributed by atoms with Crippen LogP contribution in [0.1, 0.15) is 11.3 Å². The third-order valence-corrected chi connectivity index (χ3v) is 5.61. The number of carbonyl (C=O) groups is 1. The highest BCUT2D eigenvalue weighted by Gasteiger charge is 2.26. The molecule has 32 heavy (non-hydrogen) atoms. The number of aromatic nitrogens is 2. The first-order valence-corrected chi connectivity index (χ1v) is 10.4. The lowest BCUT2D eigenvalue weighted by Crippen LogP contribution is -2.50. The van der Waals surface area contributed by atoms with E-state index < -0.39 is 0 Å². The Labute approximate surface area is 185 Å². The van der Waals surface area contributed by atoms with Gasteiger partial charge in [0.25, 0.3) is 0 Å². The summed E-state index contributed by atoms with van der Waals surface area (Å²) < 4.78 is 6.01. The van der Waals surface area contributed by atoms with E-state index in [0.717, 1.165) is 28.7 Å². The Bertz CT molecular complexity index is 1310. The summed E-state index contributed by atoms with van der Waals surface area (Å²) in [6, 6.07) is 21.0. The van der Waals surface area contributed by atoms with Gasteiger partial charge in [-0.1, -0.05) is 30.3 Å². The topological polar surface area (TPSA) is 85.2 Å². The van der Waals surface area contributed by atoms with Crippen LogP contribution in [0, 0.1) is 11.3 Å². The second-order valence-corrected chi connectivity index (χ2v) is 7.70. The van der Waals surface area contributed by atoms with Crippen LogP contribution < -0.4 is 9.64 Å². The molecule has 1 aliphatic heterocycles. The number of nitriles is 1. The van der Waals surface area contributed by atoms with Crippen LogP contribution in [0.5, 0.6) is 11.5 Å². The van der Waals surface area contributed by atoms with Crippen LogP contribution in [0.2, 0.25) is 0 Å². The summed E-state index contributed by atoms with van der Waals surface area (Å²) >= 11 is 0. The van der Waals surface area contributed by atoms with Crippen molar-refractivity contribution in [3.63, 3.8) is 0 Å². The molecule has 1 aromatic heterocycles. The van der Waals surface area contributed by atoms with Crippen LogP contribution >= 0.6 is 0 Å². The molecule has 7 heteroatoms. The number of nitrogens with zero attached hydrogens (tertiary/aromatic N) is 4. The van der Waals surface area contributed by atoms with Crippen molar-refractivity contribution in [2.45, 2.75) is 6.54 Å². The van der Waals surface area contributed by atoms with Crippen molar-refractivity contribution in [2.24, 2.45) is 0 Å². The molecular weight excluding hydrogens is 402 g/mol. The van der Waals surface area contributed by atoms with Crippen LogP contribution in [-0.2, 0) is 11.3 Å². The van der Waals surface area contributed by atoms with E-state index in [0.29, 0.717) is 36.7 Å². The SMILES string of the molecule is N#Cc1ccccc1Oc1ccc2cccc(N3CCN(Cc4cnc[nH]4)CC3=O)c2c1. The number of ether oxygens (including phenoxy) is 1. The molecule has 0 bridgehead atoms. The van der Waals surface area contributed by atoms with Crippen LogP contribution in [0.25, 0.3) is 10.8 Å². The van der Waals surface area contributed by atoms with Crippen LogP contribution in [0.4, 0.5) is 5.69 Å². The molecule has 1 saturated heterocycles. The molecule has 2 heterocycles. The van der Waals surface area contributed by atoms with Crippen molar-refractivity contribution in [2.75, 3.05) is 24.5 Å². The zero-order chi connectivity index (χ0) is 21.9. The molecule has 1 amide bonds. The van der Waals surface area contributed by atoms with Crippen molar-refractivity contribution >= 4 is 22.4 Å². The number of hydrogen-bond donors (Lipinski definition) is 1. The molecule has 0 atom stereocenters. The number of anilines is 1. The Balaban J connectivity index is 1.41. The first-order chi connectivity index (χ1) is 15.7. The lowest BCUT2D eigenvalue weighted by molar-refractivity contribution is -0.121. The smallest absolute Gasteiger partial charge is 0.241 e. The largest absolute Gasteiger partial charge is 0.456 e. The number of hydrogen-bond acceptors (Lipinski definition) is 5. The van der Waals surface area contributed by atoms with Crippen molar-refractivity contribution in [3.05, 3.63) is 84.4 Å². The van der Waals surface area contributed by atoms with E-state index in [4.69, 9.17) is 4.74 Å². The van der Waals surface area contributed by atoms with Crippen LogP contribution in [0.3, 0.4) is 0 Å². The molecule has 0 unspecified atom stereocenters. The van der Waals surface area contributed by atoms with Gasteiger partial charge in [0.15, 0.2) is 0 Å². The third kappa shape index (κ3) is 3.92. The number of H-pyrrole nitrogens is 1. The van der Waals surface area contributed by atoms with E-state index in [1.165, 1.54) is 0 Å². The number of amides is 1. The molecule has 7 nitrogen and oxygen atoms in total. The first-order valence-electron chi connectivity index (χ1n) is 10.4. The molecule has 158 valence electrons. The number of para-hydroxylation sites is 1. The number of carbonyl (C=O) groups excluding carboxylic acids is 1. The van der Waals surface area contributed by atoms with Crippen molar-refractivity contribution in [3.8, 4) is 17.6 Å². The first kappa shape index (κ1) is 19.8. The minimum Gasteiger partial charge on any atom is -0.456 e. The second-order valence-electron chi connectivity index (χ2n) is 7.70. The number of fused-ring (bicyclic) bond motifs is 1. The van der Waals surface area contributed by atoms with Gasteiger partial charge in [-0.2, -0.15) is 5.26 Å². The standard InChI is InChI=1S/C25H21N5O2/c26-13-19-4-1-2-7-24(19)32-21-9-8-18-5-3-6-23(22(18)12-21)30-11-10-29(16-25(30)31)15-20-14-27-17-28-20/h1-9,12,14,17H,10-11,15-16H2,(H,27,28). The van der Waals surface area contributed by atoms with Gasteiger partial charge >= 0.3 is 0 Å². The number of aromatic amines is 1. The highest BCUT2D eigenvalue weighted by atomic mass is 16.5. The molecule has 0 aliphatic carbocycles. The number of nitrogens with one attached hydrogen (secondary N) is 1. The van der Waals surface area contributed by atoms with Crippen molar-refractivity contribution < 1.29 is 9.53 Å². The van der Waals surface area contributed by atoms with Crippen LogP contribution in [0.15, 0.2) is 73.2 Å². The molecule has 3 aromatic carbocycles. The fraction of sp³-hybridized carbons (Fsp3) is 0.160. The van der Waals surface area contributed by atoms with E-state index in [9.17, 15) is 10.1 Å². The van der Waals surface area contributed by atoms with Gasteiger partial charge in [0.05, 0.1) is 24.1 Å². The zero-order valence-corrected chi connectivity index (χ0v) is 17.4. The second kappa shape index (κ2) is 8.53. The predicted molar refractivity (Wildman–Crippen MR) is 121 cm³/mol. The summed E-state index contributed by atoms with van der Waals surface area (Å²) in [5.74, 6) is 1.19. The fourth-order valence-corrected chi connectivity index (χ4v) is 4.03. The fourth-order valence-electron chi connectivity index (χ4n) is 4.03. The maximum absolute atomic E-state index is 13.0. The Morgan fingerprint density at radius 1 is 1.09 bits per heavy atom. The van der Waals surface area contributed by atoms with E-state index in [1.807, 2.05) is 53.4 Å². The molecule has 1 N–H and O–H groups in total. The normalized spacial score (nSPS) is 14.5. The highest BCUT2D eigenvalue weighted by molar-refractivity contribution is 6.05. The Kier molecular flexibility index (Phi) is 5.28. The molecule has 5 rings (SSSR count). The summed E-state index contributed by atoms with van der Waals surface area (Å²) in [6.45, 7) is 2.40. The zero-order valence-electron chi connectivity index (χ0n) is 17.4. The Morgan fingerprint density at radius 3 is 2.81 bits per heavy atom. The summed E-state index contributed by atoms with van der Waals surface area (Å²) in [5, 5.41) is 11.3. The number of piperazine rings is 1. The van der Waals surface area contributed by atoms with E-state index in [2.05, 4.69) is 20.9 Å². The minimum absolute atomic E-state index is 0.0596. The monoisotopic (exact) mass is 423 g/mol. The molecule has 1 aliphatic rings. The van der Waals surface area contributed by atoms with Gasteiger partial charge in [0, 0.05) is 36.9 Å². The van der Waals surface area contributed by atoms with Crippen LogP contribution in [-0.4, -0.2) is 40.4 Å². The molecule has 0 spiro atoms. The van der Waals surface area contributed by atoms with E-state index >= 15 is 0 Å². The lowest BCUT2D eigenvalue weighted by Gasteiger charge is -2.34. The van der Waals surface area contributed by atoms with Gasteiger partial charge in [0.2, 0.25) is 5.91 Å². The maximum atomic E-state index is 13.0. The van der Waals surface area contributed by atoms with Gasteiger partial charge in [-0.3, -0.25) is 9.69 Å². The predicted octanol–water partition coefficient (Wildman–Crippen LogP) is 4.08. The summed E-state index contributed by atoms with van der Waals surface area (Å²) in [7, 11) is 0. The van der Waals surface area contributed by atoms with Gasteiger partial charge < -0.3 is 14.6 Å². The van der Waals surface area contributed by atoms with Gasteiger partial charge in [-0.05, 0) is 35.7 Å². The van der Waals surface area contributed by atoms with Gasteiger partial charge in [-0.25, -0.2) is 4.98 Å². The summed E-state index contributed by atoms with van der Waals surface area (Å²) in [5.41, 5.74) is 2.34. The molecule has 4 aromatic rings. The Hall–Kier alpha value is -4.15. The van der Waals surface area contributed by atoms with Gasteiger partial charge in [0.1, 0.15) is 17.6 Å². The Morgan fingerprint density at radius 2 is 2.00 bits per heavy atom. The van der Waals surface area contributed by atoms with Crippen molar-refractivity contribution in [1.29, 1.82) is 5.26 Å². The highest BCUT2D eigenvalue weighted by Crippen LogP contribution is 2.33. The summed E-state index contributed by atoms with van der Waals surface area (Å²) in [4.78, 5) is 24.1. The maximum Gasteiger partial charge on any atom is 0.241 e. The molecule has 0 radical (unpaired) electrons. The lowest BCUT2D eigenvalue weighted by atomic mass is 10.1. The third-order valence-electron chi connectivity index (χ3n) is 5.61. The van der Waals surface area contributed by atoms with Gasteiger partial charge in [-0.15, -0.1) is 0 Å². The average Bonchev–Trinajstić information content (AvgIpc) is 3.32. The number of rotatable bonds is 5. The van der Waals surface area contributed by atoms with E-state index in [-0.39, 0.29) is 5.91 Å². The molecular formula is C25H21N5O2. The number of benzene rings is 3. The van der Waals surface area contributed by atoms with E-state index in [1.54, 1.807) is 24.7 Å². The molecule has 1 fully saturated rings. The average molecular weight is 423 g/mol. The quantitative estimate of drug-likeness (QED) is 0.523. The number of imidazole rings is 1. The van der Waals surface area contributed by atoms with Crippen molar-refractivity contribution in [1.82, 2.24) is 14.9 Å². The summed E-state index contributed by atoms with van der Waals surface area (Å²) in [6.07, 6.45) is 3.44.